The third kappa shape index (κ3) is 17.1. The summed E-state index contributed by atoms with van der Waals surface area (Å²) in [6.07, 6.45) is 17.4. The van der Waals surface area contributed by atoms with Gasteiger partial charge in [-0.1, -0.05) is 76.9 Å². The first-order valence-corrected chi connectivity index (χ1v) is 8.73. The van der Waals surface area contributed by atoms with Crippen LogP contribution in [0.1, 0.15) is 90.4 Å². The number of aliphatic carboxylic acids is 1. The summed E-state index contributed by atoms with van der Waals surface area (Å²) >= 11 is 0. The Morgan fingerprint density at radius 3 is 2.10 bits per heavy atom. The van der Waals surface area contributed by atoms with Crippen LogP contribution < -0.4 is 0 Å². The average Bonchev–Trinajstić information content (AvgIpc) is 2.45. The molecule has 3 heteroatoms. The number of hydrogen-bond donors (Lipinski definition) is 2. The minimum absolute atomic E-state index is 0.266. The molecule has 0 heterocycles. The molecular weight excluding hydrogens is 264 g/mol. The molecule has 0 aromatic heterocycles. The minimum atomic E-state index is -0.683. The molecule has 0 amide bonds. The molecular formula is C18H34O3. The Kier molecular flexibility index (Phi) is 14.9. The lowest BCUT2D eigenvalue weighted by atomic mass is 10.0. The summed E-state index contributed by atoms with van der Waals surface area (Å²) in [7, 11) is 0. The second-order valence-electron chi connectivity index (χ2n) is 5.90. The Morgan fingerprint density at radius 2 is 1.52 bits per heavy atom. The maximum absolute atomic E-state index is 10.3. The van der Waals surface area contributed by atoms with E-state index < -0.39 is 5.97 Å². The normalized spacial score (nSPS) is 12.9. The highest BCUT2D eigenvalue weighted by Gasteiger charge is 1.99. The molecule has 0 aliphatic heterocycles. The number of aliphatic hydroxyl groups excluding tert-OH is 1. The predicted molar refractivity (Wildman–Crippen MR) is 88.5 cm³/mol. The van der Waals surface area contributed by atoms with E-state index in [1.54, 1.807) is 0 Å². The van der Waals surface area contributed by atoms with Gasteiger partial charge in [0.05, 0.1) is 6.10 Å². The van der Waals surface area contributed by atoms with Crippen LogP contribution in [0, 0.1) is 0 Å². The maximum Gasteiger partial charge on any atom is 0.303 e. The summed E-state index contributed by atoms with van der Waals surface area (Å²) in [5.74, 6) is -0.683. The fourth-order valence-electron chi connectivity index (χ4n) is 2.36. The van der Waals surface area contributed by atoms with E-state index in [2.05, 4.69) is 13.0 Å². The number of carboxylic acid groups (broad SMARTS) is 1. The van der Waals surface area contributed by atoms with E-state index in [1.165, 1.54) is 38.5 Å². The Hall–Kier alpha value is -0.830. The molecule has 0 aromatic rings. The summed E-state index contributed by atoms with van der Waals surface area (Å²) in [5, 5.41) is 18.3. The molecule has 0 radical (unpaired) electrons. The van der Waals surface area contributed by atoms with Crippen LogP contribution in [0.4, 0.5) is 0 Å². The molecule has 0 aliphatic rings. The summed E-state index contributed by atoms with van der Waals surface area (Å²) in [6, 6.07) is 0. The summed E-state index contributed by atoms with van der Waals surface area (Å²) < 4.78 is 0. The highest BCUT2D eigenvalue weighted by atomic mass is 16.4. The molecule has 2 N–H and O–H groups in total. The smallest absolute Gasteiger partial charge is 0.303 e. The average molecular weight is 298 g/mol. The van der Waals surface area contributed by atoms with E-state index in [0.29, 0.717) is 6.42 Å². The van der Waals surface area contributed by atoms with Crippen LogP contribution in [0.5, 0.6) is 0 Å². The van der Waals surface area contributed by atoms with Crippen molar-refractivity contribution >= 4 is 5.97 Å². The molecule has 0 aromatic carbocycles. The van der Waals surface area contributed by atoms with Gasteiger partial charge in [0.15, 0.2) is 0 Å². The second-order valence-corrected chi connectivity index (χ2v) is 5.90. The van der Waals surface area contributed by atoms with Gasteiger partial charge in [-0.25, -0.2) is 0 Å². The van der Waals surface area contributed by atoms with Gasteiger partial charge < -0.3 is 10.2 Å². The zero-order valence-corrected chi connectivity index (χ0v) is 13.7. The number of allylic oxidation sites excluding steroid dienone is 1. The monoisotopic (exact) mass is 298 g/mol. The van der Waals surface area contributed by atoms with Crippen LogP contribution in [0.3, 0.4) is 0 Å². The van der Waals surface area contributed by atoms with Gasteiger partial charge in [0, 0.05) is 6.42 Å². The first-order valence-electron chi connectivity index (χ1n) is 8.73. The standard InChI is InChI=1S/C18H34O3/c1-2-3-4-11-14-17(19)15-12-9-7-5-6-8-10-13-16-18(20)21/h11,14,17,19H,2-10,12-13,15-16H2,1H3,(H,20,21)/b14-11+/t17-/m0/s1. The predicted octanol–water partition coefficient (Wildman–Crippen LogP) is 5.08. The van der Waals surface area contributed by atoms with Gasteiger partial charge in [-0.2, -0.15) is 0 Å². The third-order valence-electron chi connectivity index (χ3n) is 3.72. The molecule has 0 fully saturated rings. The molecule has 0 aliphatic carbocycles. The molecule has 0 unspecified atom stereocenters. The van der Waals surface area contributed by atoms with Crippen LogP contribution in [-0.4, -0.2) is 22.3 Å². The van der Waals surface area contributed by atoms with Crippen LogP contribution in [-0.2, 0) is 4.79 Å². The van der Waals surface area contributed by atoms with E-state index >= 15 is 0 Å². The molecule has 0 bridgehead atoms. The maximum atomic E-state index is 10.3. The Labute approximate surface area is 130 Å². The molecule has 0 rings (SSSR count). The zero-order valence-electron chi connectivity index (χ0n) is 13.7. The number of aliphatic hydroxyl groups is 1. The van der Waals surface area contributed by atoms with Crippen molar-refractivity contribution in [3.05, 3.63) is 12.2 Å². The molecule has 0 saturated heterocycles. The quantitative estimate of drug-likeness (QED) is 0.327. The third-order valence-corrected chi connectivity index (χ3v) is 3.72. The summed E-state index contributed by atoms with van der Waals surface area (Å²) in [6.45, 7) is 2.18. The van der Waals surface area contributed by atoms with Gasteiger partial charge in [0.2, 0.25) is 0 Å². The van der Waals surface area contributed by atoms with Gasteiger partial charge in [0.1, 0.15) is 0 Å². The summed E-state index contributed by atoms with van der Waals surface area (Å²) in [4.78, 5) is 10.3. The number of carboxylic acids is 1. The van der Waals surface area contributed by atoms with E-state index in [-0.39, 0.29) is 6.10 Å². The Morgan fingerprint density at radius 1 is 0.952 bits per heavy atom. The lowest BCUT2D eigenvalue weighted by Gasteiger charge is -2.05. The zero-order chi connectivity index (χ0) is 15.8. The highest BCUT2D eigenvalue weighted by molar-refractivity contribution is 5.66. The number of rotatable bonds is 15. The lowest BCUT2D eigenvalue weighted by Crippen LogP contribution is -2.01. The number of hydrogen-bond acceptors (Lipinski definition) is 2. The first kappa shape index (κ1) is 20.2. The lowest BCUT2D eigenvalue weighted by molar-refractivity contribution is -0.137. The van der Waals surface area contributed by atoms with Crippen molar-refractivity contribution in [1.29, 1.82) is 0 Å². The molecule has 0 spiro atoms. The van der Waals surface area contributed by atoms with Gasteiger partial charge in [-0.3, -0.25) is 4.79 Å². The van der Waals surface area contributed by atoms with Crippen LogP contribution >= 0.6 is 0 Å². The largest absolute Gasteiger partial charge is 0.481 e. The van der Waals surface area contributed by atoms with E-state index in [9.17, 15) is 9.90 Å². The van der Waals surface area contributed by atoms with Gasteiger partial charge in [-0.15, -0.1) is 0 Å². The van der Waals surface area contributed by atoms with Crippen molar-refractivity contribution in [2.45, 2.75) is 96.5 Å². The fraction of sp³-hybridized carbons (Fsp3) is 0.833. The SMILES string of the molecule is CCCC/C=C/[C@H](O)CCCCCCCCCCC(=O)O. The minimum Gasteiger partial charge on any atom is -0.481 e. The van der Waals surface area contributed by atoms with Crippen molar-refractivity contribution in [3.63, 3.8) is 0 Å². The van der Waals surface area contributed by atoms with Crippen LogP contribution in [0.2, 0.25) is 0 Å². The van der Waals surface area contributed by atoms with E-state index in [1.807, 2.05) is 6.08 Å². The molecule has 1 atom stereocenters. The van der Waals surface area contributed by atoms with E-state index in [0.717, 1.165) is 38.5 Å². The molecule has 3 nitrogen and oxygen atoms in total. The highest BCUT2D eigenvalue weighted by Crippen LogP contribution is 2.12. The Bertz CT molecular complexity index is 261. The Balaban J connectivity index is 3.21. The second kappa shape index (κ2) is 15.6. The van der Waals surface area contributed by atoms with E-state index in [4.69, 9.17) is 5.11 Å². The molecule has 124 valence electrons. The van der Waals surface area contributed by atoms with Crippen molar-refractivity contribution < 1.29 is 15.0 Å². The van der Waals surface area contributed by atoms with Crippen molar-refractivity contribution in [2.75, 3.05) is 0 Å². The first-order chi connectivity index (χ1) is 10.2. The molecule has 0 saturated carbocycles. The van der Waals surface area contributed by atoms with Gasteiger partial charge in [-0.05, 0) is 19.3 Å². The van der Waals surface area contributed by atoms with Crippen LogP contribution in [0.15, 0.2) is 12.2 Å². The van der Waals surface area contributed by atoms with Crippen molar-refractivity contribution in [2.24, 2.45) is 0 Å². The van der Waals surface area contributed by atoms with Gasteiger partial charge >= 0.3 is 5.97 Å². The van der Waals surface area contributed by atoms with Crippen molar-refractivity contribution in [3.8, 4) is 0 Å². The topological polar surface area (TPSA) is 57.5 Å². The van der Waals surface area contributed by atoms with Crippen molar-refractivity contribution in [1.82, 2.24) is 0 Å². The number of unbranched alkanes of at least 4 members (excludes halogenated alkanes) is 9. The van der Waals surface area contributed by atoms with Gasteiger partial charge in [0.25, 0.3) is 0 Å². The van der Waals surface area contributed by atoms with Crippen LogP contribution in [0.25, 0.3) is 0 Å². The number of carbonyl (C=O) groups is 1. The summed E-state index contributed by atoms with van der Waals surface area (Å²) in [5.41, 5.74) is 0. The molecule has 21 heavy (non-hydrogen) atoms. The fourth-order valence-corrected chi connectivity index (χ4v) is 2.36.